The molecule has 0 bridgehead atoms. The number of hydrogen-bond acceptors (Lipinski definition) is 5. The summed E-state index contributed by atoms with van der Waals surface area (Å²) in [6.07, 6.45) is 3.65. The molecule has 7 heteroatoms. The molecule has 3 aliphatic rings. The van der Waals surface area contributed by atoms with E-state index in [1.165, 1.54) is 29.8 Å². The Kier molecular flexibility index (Phi) is 6.88. The van der Waals surface area contributed by atoms with Crippen LogP contribution in [0.3, 0.4) is 0 Å². The first-order valence-corrected chi connectivity index (χ1v) is 12.1. The van der Waals surface area contributed by atoms with Crippen molar-refractivity contribution in [2.24, 2.45) is 0 Å². The maximum absolute atomic E-state index is 12.9. The Balaban J connectivity index is 1.36. The van der Waals surface area contributed by atoms with E-state index in [0.29, 0.717) is 6.54 Å². The summed E-state index contributed by atoms with van der Waals surface area (Å²) < 4.78 is 5.54. The zero-order valence-corrected chi connectivity index (χ0v) is 18.4. The van der Waals surface area contributed by atoms with Crippen LogP contribution in [0.15, 0.2) is 24.3 Å². The average molecular weight is 419 g/mol. The van der Waals surface area contributed by atoms with Gasteiger partial charge in [0.05, 0.1) is 13.2 Å². The Morgan fingerprint density at radius 2 is 1.97 bits per heavy atom. The lowest BCUT2D eigenvalue weighted by atomic mass is 9.95. The van der Waals surface area contributed by atoms with E-state index in [1.54, 1.807) is 0 Å². The number of thioether (sulfide) groups is 1. The molecule has 1 atom stereocenters. The van der Waals surface area contributed by atoms with Gasteiger partial charge < -0.3 is 19.9 Å². The molecule has 29 heavy (non-hydrogen) atoms. The molecular formula is C22H34N4O2S. The highest BCUT2D eigenvalue weighted by Gasteiger charge is 2.41. The van der Waals surface area contributed by atoms with Crippen molar-refractivity contribution in [3.63, 3.8) is 0 Å². The Morgan fingerprint density at radius 3 is 2.69 bits per heavy atom. The number of morpholine rings is 1. The van der Waals surface area contributed by atoms with Gasteiger partial charge in [-0.3, -0.25) is 4.90 Å². The van der Waals surface area contributed by atoms with E-state index in [-0.39, 0.29) is 11.6 Å². The Hall–Kier alpha value is -1.44. The minimum atomic E-state index is 0.0192. The fourth-order valence-electron chi connectivity index (χ4n) is 4.75. The number of nitrogens with zero attached hydrogens (tertiary/aromatic N) is 3. The van der Waals surface area contributed by atoms with E-state index in [4.69, 9.17) is 4.74 Å². The first kappa shape index (κ1) is 20.8. The normalized spacial score (nSPS) is 25.3. The van der Waals surface area contributed by atoms with Crippen LogP contribution in [0, 0.1) is 0 Å². The van der Waals surface area contributed by atoms with Gasteiger partial charge in [0, 0.05) is 63.3 Å². The molecule has 1 aromatic rings. The summed E-state index contributed by atoms with van der Waals surface area (Å²) in [5.41, 5.74) is 2.59. The molecule has 3 fully saturated rings. The van der Waals surface area contributed by atoms with Crippen LogP contribution in [0.25, 0.3) is 0 Å². The summed E-state index contributed by atoms with van der Waals surface area (Å²) in [4.78, 5) is 19.7. The number of urea groups is 1. The van der Waals surface area contributed by atoms with Gasteiger partial charge in [0.15, 0.2) is 0 Å². The standard InChI is InChI=1S/C22H34N4O2S/c1-24(16-19-6-2-3-7-20(19)25-9-4-5-10-25)21(27)23-17-22(8-15-29-18-22)26-11-13-28-14-12-26/h2-3,6-7H,4-5,8-18H2,1H3,(H,23,27). The van der Waals surface area contributed by atoms with Crippen LogP contribution >= 0.6 is 11.8 Å². The molecule has 0 saturated carbocycles. The predicted octanol–water partition coefficient (Wildman–Crippen LogP) is 2.64. The number of rotatable bonds is 6. The molecular weight excluding hydrogens is 384 g/mol. The maximum atomic E-state index is 12.9. The number of hydrogen-bond donors (Lipinski definition) is 1. The maximum Gasteiger partial charge on any atom is 0.317 e. The Morgan fingerprint density at radius 1 is 1.21 bits per heavy atom. The number of carbonyl (C=O) groups excluding carboxylic acids is 1. The third-order valence-electron chi connectivity index (χ3n) is 6.53. The number of ether oxygens (including phenoxy) is 1. The molecule has 6 nitrogen and oxygen atoms in total. The number of benzene rings is 1. The van der Waals surface area contributed by atoms with Crippen molar-refractivity contribution in [2.45, 2.75) is 31.3 Å². The highest BCUT2D eigenvalue weighted by Crippen LogP contribution is 2.33. The SMILES string of the molecule is CN(Cc1ccccc1N1CCCC1)C(=O)NCC1(N2CCOCC2)CCSC1. The zero-order valence-electron chi connectivity index (χ0n) is 17.6. The summed E-state index contributed by atoms with van der Waals surface area (Å²) in [5.74, 6) is 2.26. The number of para-hydroxylation sites is 1. The van der Waals surface area contributed by atoms with Gasteiger partial charge in [-0.15, -0.1) is 0 Å². The molecule has 2 amide bonds. The van der Waals surface area contributed by atoms with Crippen LogP contribution in [-0.4, -0.2) is 85.9 Å². The minimum absolute atomic E-state index is 0.0192. The third kappa shape index (κ3) is 4.84. The quantitative estimate of drug-likeness (QED) is 0.770. The average Bonchev–Trinajstić information content (AvgIpc) is 3.46. The van der Waals surface area contributed by atoms with Crippen molar-refractivity contribution in [1.29, 1.82) is 0 Å². The summed E-state index contributed by atoms with van der Waals surface area (Å²) in [7, 11) is 1.90. The lowest BCUT2D eigenvalue weighted by molar-refractivity contribution is -0.0127. The zero-order chi connectivity index (χ0) is 20.1. The second-order valence-corrected chi connectivity index (χ2v) is 9.57. The van der Waals surface area contributed by atoms with Crippen LogP contribution in [0.2, 0.25) is 0 Å². The summed E-state index contributed by atoms with van der Waals surface area (Å²) in [6, 6.07) is 8.53. The van der Waals surface area contributed by atoms with Crippen molar-refractivity contribution >= 4 is 23.5 Å². The molecule has 1 N–H and O–H groups in total. The van der Waals surface area contributed by atoms with Gasteiger partial charge in [-0.05, 0) is 36.6 Å². The monoisotopic (exact) mass is 418 g/mol. The number of amides is 2. The molecule has 0 spiro atoms. The summed E-state index contributed by atoms with van der Waals surface area (Å²) in [5, 5.41) is 3.25. The molecule has 160 valence electrons. The smallest absolute Gasteiger partial charge is 0.317 e. The predicted molar refractivity (Wildman–Crippen MR) is 120 cm³/mol. The molecule has 1 unspecified atom stereocenters. The van der Waals surface area contributed by atoms with Crippen molar-refractivity contribution < 1.29 is 9.53 Å². The van der Waals surface area contributed by atoms with E-state index >= 15 is 0 Å². The lowest BCUT2D eigenvalue weighted by Crippen LogP contribution is -2.59. The highest BCUT2D eigenvalue weighted by molar-refractivity contribution is 7.99. The van der Waals surface area contributed by atoms with Gasteiger partial charge in [0.25, 0.3) is 0 Å². The molecule has 3 saturated heterocycles. The van der Waals surface area contributed by atoms with Crippen LogP contribution in [0.1, 0.15) is 24.8 Å². The van der Waals surface area contributed by atoms with E-state index in [0.717, 1.165) is 58.1 Å². The molecule has 0 radical (unpaired) electrons. The largest absolute Gasteiger partial charge is 0.379 e. The van der Waals surface area contributed by atoms with Crippen LogP contribution < -0.4 is 10.2 Å². The molecule has 3 aliphatic heterocycles. The van der Waals surface area contributed by atoms with Gasteiger partial charge >= 0.3 is 6.03 Å². The van der Waals surface area contributed by atoms with Crippen molar-refractivity contribution in [3.8, 4) is 0 Å². The van der Waals surface area contributed by atoms with Crippen molar-refractivity contribution in [1.82, 2.24) is 15.1 Å². The van der Waals surface area contributed by atoms with Crippen molar-refractivity contribution in [2.75, 3.05) is 69.4 Å². The van der Waals surface area contributed by atoms with E-state index in [2.05, 4.69) is 39.4 Å². The van der Waals surface area contributed by atoms with Crippen LogP contribution in [0.4, 0.5) is 10.5 Å². The van der Waals surface area contributed by atoms with E-state index < -0.39 is 0 Å². The second kappa shape index (κ2) is 9.58. The Labute approximate surface area is 178 Å². The molecule has 4 rings (SSSR count). The fraction of sp³-hybridized carbons (Fsp3) is 0.682. The van der Waals surface area contributed by atoms with Gasteiger partial charge in [0.2, 0.25) is 0 Å². The number of nitrogens with one attached hydrogen (secondary N) is 1. The Bertz CT molecular complexity index is 683. The van der Waals surface area contributed by atoms with E-state index in [1.807, 2.05) is 23.7 Å². The number of carbonyl (C=O) groups is 1. The molecule has 3 heterocycles. The van der Waals surface area contributed by atoms with Gasteiger partial charge in [-0.2, -0.15) is 11.8 Å². The lowest BCUT2D eigenvalue weighted by Gasteiger charge is -2.43. The van der Waals surface area contributed by atoms with Crippen LogP contribution in [0.5, 0.6) is 0 Å². The highest BCUT2D eigenvalue weighted by atomic mass is 32.2. The van der Waals surface area contributed by atoms with Crippen LogP contribution in [-0.2, 0) is 11.3 Å². The van der Waals surface area contributed by atoms with Gasteiger partial charge in [-0.1, -0.05) is 18.2 Å². The first-order valence-electron chi connectivity index (χ1n) is 10.9. The topological polar surface area (TPSA) is 48.0 Å². The minimum Gasteiger partial charge on any atom is -0.379 e. The molecule has 1 aromatic carbocycles. The summed E-state index contributed by atoms with van der Waals surface area (Å²) in [6.45, 7) is 7.13. The first-order chi connectivity index (χ1) is 14.2. The summed E-state index contributed by atoms with van der Waals surface area (Å²) >= 11 is 2.00. The molecule has 0 aliphatic carbocycles. The van der Waals surface area contributed by atoms with E-state index in [9.17, 15) is 4.79 Å². The van der Waals surface area contributed by atoms with Gasteiger partial charge in [-0.25, -0.2) is 4.79 Å². The second-order valence-electron chi connectivity index (χ2n) is 8.46. The van der Waals surface area contributed by atoms with Gasteiger partial charge in [0.1, 0.15) is 0 Å². The third-order valence-corrected chi connectivity index (χ3v) is 7.76. The number of anilines is 1. The molecule has 0 aromatic heterocycles. The van der Waals surface area contributed by atoms with Crippen molar-refractivity contribution in [3.05, 3.63) is 29.8 Å². The fourth-order valence-corrected chi connectivity index (χ4v) is 6.23.